The molecule has 3 aliphatic heterocycles. The fourth-order valence-electron chi connectivity index (χ4n) is 4.51. The average molecular weight is 406 g/mol. The molecule has 0 radical (unpaired) electrons. The van der Waals surface area contributed by atoms with E-state index < -0.39 is 0 Å². The number of amides is 1. The van der Waals surface area contributed by atoms with E-state index >= 15 is 0 Å². The molecule has 1 amide bonds. The smallest absolute Gasteiger partial charge is 0.255 e. The number of thiophene rings is 1. The van der Waals surface area contributed by atoms with Crippen LogP contribution in [0.3, 0.4) is 0 Å². The van der Waals surface area contributed by atoms with Gasteiger partial charge in [0.1, 0.15) is 0 Å². The second kappa shape index (κ2) is 7.61. The molecule has 1 aromatic carbocycles. The van der Waals surface area contributed by atoms with E-state index in [0.29, 0.717) is 11.5 Å². The summed E-state index contributed by atoms with van der Waals surface area (Å²) in [6.45, 7) is 3.21. The molecule has 1 N–H and O–H groups in total. The van der Waals surface area contributed by atoms with Crippen molar-refractivity contribution in [2.75, 3.05) is 19.6 Å². The summed E-state index contributed by atoms with van der Waals surface area (Å²) >= 11 is 1.63. The third kappa shape index (κ3) is 3.54. The van der Waals surface area contributed by atoms with Gasteiger partial charge in [-0.05, 0) is 55.4 Å². The minimum absolute atomic E-state index is 0.105. The van der Waals surface area contributed by atoms with E-state index in [9.17, 15) is 9.59 Å². The zero-order valence-corrected chi connectivity index (χ0v) is 16.9. The first-order valence-corrected chi connectivity index (χ1v) is 11.0. The number of hydrogen-bond acceptors (Lipinski definition) is 4. The first-order chi connectivity index (χ1) is 14.2. The van der Waals surface area contributed by atoms with Crippen molar-refractivity contribution in [2.24, 2.45) is 5.92 Å². The highest BCUT2D eigenvalue weighted by molar-refractivity contribution is 7.13. The summed E-state index contributed by atoms with van der Waals surface area (Å²) in [6.07, 6.45) is 3.97. The summed E-state index contributed by atoms with van der Waals surface area (Å²) in [5.74, 6) is 0.459. The molecule has 2 bridgehead atoms. The lowest BCUT2D eigenvalue weighted by atomic mass is 9.84. The van der Waals surface area contributed by atoms with Gasteiger partial charge < -0.3 is 10.2 Å². The van der Waals surface area contributed by atoms with E-state index in [1.807, 2.05) is 41.8 Å². The number of piperidine rings is 3. The van der Waals surface area contributed by atoms with Gasteiger partial charge in [0, 0.05) is 35.3 Å². The summed E-state index contributed by atoms with van der Waals surface area (Å²) in [4.78, 5) is 29.1. The van der Waals surface area contributed by atoms with Gasteiger partial charge in [0.05, 0.1) is 11.3 Å². The average Bonchev–Trinajstić information content (AvgIpc) is 3.30. The molecule has 3 aromatic rings. The third-order valence-corrected chi connectivity index (χ3v) is 7.00. The molecule has 148 valence electrons. The van der Waals surface area contributed by atoms with Crippen LogP contribution in [0.25, 0.3) is 16.1 Å². The Morgan fingerprint density at radius 3 is 2.59 bits per heavy atom. The monoisotopic (exact) mass is 405 g/mol. The Balaban J connectivity index is 1.46. The van der Waals surface area contributed by atoms with E-state index in [4.69, 9.17) is 0 Å². The Bertz CT molecular complexity index is 1080. The van der Waals surface area contributed by atoms with E-state index in [0.717, 1.165) is 48.6 Å². The van der Waals surface area contributed by atoms with Gasteiger partial charge in [-0.1, -0.05) is 24.3 Å². The number of nitrogens with zero attached hydrogens (tertiary/aromatic N) is 2. The summed E-state index contributed by atoms with van der Waals surface area (Å²) in [5, 5.41) is 5.23. The fourth-order valence-corrected chi connectivity index (χ4v) is 5.27. The predicted octanol–water partition coefficient (Wildman–Crippen LogP) is 3.39. The molecule has 0 saturated carbocycles. The Morgan fingerprint density at radius 1 is 1.03 bits per heavy atom. The lowest BCUT2D eigenvalue weighted by Crippen LogP contribution is -2.57. The second-order valence-corrected chi connectivity index (χ2v) is 8.79. The van der Waals surface area contributed by atoms with Crippen molar-refractivity contribution in [2.45, 2.75) is 18.9 Å². The molecule has 3 saturated heterocycles. The van der Waals surface area contributed by atoms with Gasteiger partial charge in [-0.3, -0.25) is 14.2 Å². The van der Waals surface area contributed by atoms with Crippen LogP contribution in [0.1, 0.15) is 23.2 Å². The molecule has 5 nitrogen and oxygen atoms in total. The van der Waals surface area contributed by atoms with Gasteiger partial charge in [0.15, 0.2) is 0 Å². The van der Waals surface area contributed by atoms with Crippen LogP contribution in [0.5, 0.6) is 0 Å². The van der Waals surface area contributed by atoms with Crippen LogP contribution in [-0.2, 0) is 0 Å². The first-order valence-electron chi connectivity index (χ1n) is 10.1. The van der Waals surface area contributed by atoms with Gasteiger partial charge in [0.25, 0.3) is 11.5 Å². The summed E-state index contributed by atoms with van der Waals surface area (Å²) < 4.78 is 1.58. The van der Waals surface area contributed by atoms with Crippen LogP contribution < -0.4 is 10.9 Å². The lowest BCUT2D eigenvalue weighted by Gasteiger charge is -2.44. The Hall–Kier alpha value is -2.70. The van der Waals surface area contributed by atoms with Crippen molar-refractivity contribution in [1.29, 1.82) is 0 Å². The first kappa shape index (κ1) is 18.3. The van der Waals surface area contributed by atoms with E-state index in [-0.39, 0.29) is 17.5 Å². The molecule has 3 aliphatic rings. The number of fused-ring (bicyclic) bond motifs is 3. The van der Waals surface area contributed by atoms with Crippen molar-refractivity contribution >= 4 is 17.2 Å². The largest absolute Gasteiger partial charge is 0.348 e. The second-order valence-electron chi connectivity index (χ2n) is 7.84. The molecule has 1 atom stereocenters. The van der Waals surface area contributed by atoms with Crippen LogP contribution in [0.4, 0.5) is 0 Å². The number of aromatic nitrogens is 1. The summed E-state index contributed by atoms with van der Waals surface area (Å²) in [6, 6.07) is 15.2. The highest BCUT2D eigenvalue weighted by atomic mass is 32.1. The zero-order chi connectivity index (χ0) is 19.8. The molecule has 1 unspecified atom stereocenters. The SMILES string of the molecule is O=C(NC1CN2CCC1CC2)c1ccc(=O)n(-c2ccccc2-c2cccs2)c1. The van der Waals surface area contributed by atoms with Crippen molar-refractivity contribution in [3.8, 4) is 16.1 Å². The van der Waals surface area contributed by atoms with E-state index in [1.165, 1.54) is 6.07 Å². The zero-order valence-electron chi connectivity index (χ0n) is 16.1. The summed E-state index contributed by atoms with van der Waals surface area (Å²) in [5.41, 5.74) is 2.15. The Morgan fingerprint density at radius 2 is 1.86 bits per heavy atom. The van der Waals surface area contributed by atoms with Crippen LogP contribution in [0.2, 0.25) is 0 Å². The van der Waals surface area contributed by atoms with E-state index in [2.05, 4.69) is 10.2 Å². The molecule has 6 rings (SSSR count). The Kier molecular flexibility index (Phi) is 4.81. The quantitative estimate of drug-likeness (QED) is 0.724. The van der Waals surface area contributed by atoms with Gasteiger partial charge in [-0.15, -0.1) is 11.3 Å². The molecular formula is C23H23N3O2S. The van der Waals surface area contributed by atoms with Crippen molar-refractivity contribution in [1.82, 2.24) is 14.8 Å². The molecule has 2 aromatic heterocycles. The fraction of sp³-hybridized carbons (Fsp3) is 0.304. The molecule has 3 fully saturated rings. The molecule has 29 heavy (non-hydrogen) atoms. The number of pyridine rings is 1. The van der Waals surface area contributed by atoms with Crippen molar-refractivity contribution < 1.29 is 4.79 Å². The minimum atomic E-state index is -0.145. The van der Waals surface area contributed by atoms with Crippen LogP contribution >= 0.6 is 11.3 Å². The van der Waals surface area contributed by atoms with Crippen molar-refractivity contribution in [3.63, 3.8) is 0 Å². The maximum Gasteiger partial charge on any atom is 0.255 e. The van der Waals surface area contributed by atoms with Gasteiger partial charge in [-0.25, -0.2) is 0 Å². The highest BCUT2D eigenvalue weighted by Gasteiger charge is 2.35. The van der Waals surface area contributed by atoms with Crippen LogP contribution in [0.15, 0.2) is 64.9 Å². The number of benzene rings is 1. The van der Waals surface area contributed by atoms with Crippen LogP contribution in [0, 0.1) is 5.92 Å². The van der Waals surface area contributed by atoms with Crippen LogP contribution in [-0.4, -0.2) is 41.1 Å². The molecule has 5 heterocycles. The minimum Gasteiger partial charge on any atom is -0.348 e. The van der Waals surface area contributed by atoms with E-state index in [1.54, 1.807) is 28.2 Å². The number of carbonyl (C=O) groups is 1. The molecule has 6 heteroatoms. The molecule has 0 spiro atoms. The predicted molar refractivity (Wildman–Crippen MR) is 116 cm³/mol. The van der Waals surface area contributed by atoms with Gasteiger partial charge in [-0.2, -0.15) is 0 Å². The summed E-state index contributed by atoms with van der Waals surface area (Å²) in [7, 11) is 0. The number of para-hydroxylation sites is 1. The lowest BCUT2D eigenvalue weighted by molar-refractivity contribution is 0.0620. The number of carbonyl (C=O) groups excluding carboxylic acids is 1. The molecular weight excluding hydrogens is 382 g/mol. The molecule has 0 aliphatic carbocycles. The number of nitrogens with one attached hydrogen (secondary N) is 1. The normalized spacial score (nSPS) is 23.1. The maximum atomic E-state index is 13.0. The topological polar surface area (TPSA) is 54.3 Å². The standard InChI is InChI=1S/C23H23N3O2S/c27-22-8-7-17(23(28)24-19-15-25-11-9-16(19)10-12-25)14-26(22)20-5-2-1-4-18(20)21-6-3-13-29-21/h1-8,13-14,16,19H,9-12,15H2,(H,24,28). The maximum absolute atomic E-state index is 13.0. The van der Waals surface area contributed by atoms with Crippen molar-refractivity contribution in [3.05, 3.63) is 76.0 Å². The number of hydrogen-bond donors (Lipinski definition) is 1. The van der Waals surface area contributed by atoms with Gasteiger partial charge >= 0.3 is 0 Å². The third-order valence-electron chi connectivity index (χ3n) is 6.10. The van der Waals surface area contributed by atoms with Gasteiger partial charge in [0.2, 0.25) is 0 Å². The highest BCUT2D eigenvalue weighted by Crippen LogP contribution is 2.30. The number of rotatable bonds is 4. The Labute approximate surface area is 173 Å².